The van der Waals surface area contributed by atoms with E-state index in [1.54, 1.807) is 0 Å². The van der Waals surface area contributed by atoms with Gasteiger partial charge in [0.1, 0.15) is 5.82 Å². The van der Waals surface area contributed by atoms with Gasteiger partial charge in [-0.25, -0.2) is 0 Å². The lowest BCUT2D eigenvalue weighted by Gasteiger charge is -2.20. The maximum atomic E-state index is 4.32. The van der Waals surface area contributed by atoms with Crippen LogP contribution in [0.3, 0.4) is 0 Å². The summed E-state index contributed by atoms with van der Waals surface area (Å²) >= 11 is 0. The van der Waals surface area contributed by atoms with Gasteiger partial charge in [0.05, 0.1) is 0 Å². The summed E-state index contributed by atoms with van der Waals surface area (Å²) < 4.78 is 2.27. The normalized spacial score (nSPS) is 19.4. The summed E-state index contributed by atoms with van der Waals surface area (Å²) in [5.74, 6) is 2.88. The average molecular weight is 213 g/mol. The molecule has 1 aliphatic heterocycles. The Morgan fingerprint density at radius 2 is 2.00 bits per heavy atom. The summed E-state index contributed by atoms with van der Waals surface area (Å²) in [7, 11) is 0. The van der Waals surface area contributed by atoms with Crippen molar-refractivity contribution in [1.29, 1.82) is 0 Å². The van der Waals surface area contributed by atoms with Crippen LogP contribution in [0.25, 0.3) is 11.4 Å². The molecule has 1 aromatic carbocycles. The van der Waals surface area contributed by atoms with Crippen LogP contribution in [0.2, 0.25) is 0 Å². The van der Waals surface area contributed by atoms with Crippen molar-refractivity contribution in [1.82, 2.24) is 14.8 Å². The monoisotopic (exact) mass is 213 g/mol. The molecular formula is C13H15N3. The molecule has 82 valence electrons. The maximum absolute atomic E-state index is 4.32. The number of nitrogens with zero attached hydrogens (tertiary/aromatic N) is 3. The van der Waals surface area contributed by atoms with Crippen molar-refractivity contribution in [2.45, 2.75) is 26.3 Å². The van der Waals surface area contributed by atoms with Crippen LogP contribution < -0.4 is 0 Å². The number of rotatable bonds is 1. The van der Waals surface area contributed by atoms with E-state index >= 15 is 0 Å². The summed E-state index contributed by atoms with van der Waals surface area (Å²) in [6.07, 6.45) is 2.29. The van der Waals surface area contributed by atoms with Gasteiger partial charge in [-0.2, -0.15) is 0 Å². The van der Waals surface area contributed by atoms with Gasteiger partial charge in [-0.15, -0.1) is 10.2 Å². The third-order valence-corrected chi connectivity index (χ3v) is 3.21. The van der Waals surface area contributed by atoms with E-state index in [2.05, 4.69) is 33.8 Å². The zero-order valence-electron chi connectivity index (χ0n) is 9.43. The predicted octanol–water partition coefficient (Wildman–Crippen LogP) is 2.53. The van der Waals surface area contributed by atoms with Crippen LogP contribution in [0.1, 0.15) is 19.2 Å². The Labute approximate surface area is 95.1 Å². The van der Waals surface area contributed by atoms with Crippen molar-refractivity contribution in [2.75, 3.05) is 0 Å². The molecule has 0 bridgehead atoms. The van der Waals surface area contributed by atoms with E-state index < -0.39 is 0 Å². The second kappa shape index (κ2) is 3.74. The second-order valence-corrected chi connectivity index (χ2v) is 4.56. The van der Waals surface area contributed by atoms with Gasteiger partial charge in [0, 0.05) is 18.5 Å². The maximum Gasteiger partial charge on any atom is 0.163 e. The average Bonchev–Trinajstić information content (AvgIpc) is 2.73. The highest BCUT2D eigenvalue weighted by Gasteiger charge is 2.20. The smallest absolute Gasteiger partial charge is 0.163 e. The summed E-state index contributed by atoms with van der Waals surface area (Å²) in [5, 5.41) is 8.60. The zero-order chi connectivity index (χ0) is 11.0. The molecule has 0 N–H and O–H groups in total. The first-order chi connectivity index (χ1) is 7.84. The molecule has 0 saturated heterocycles. The van der Waals surface area contributed by atoms with Crippen molar-refractivity contribution in [3.63, 3.8) is 0 Å². The van der Waals surface area contributed by atoms with E-state index in [9.17, 15) is 0 Å². The highest BCUT2D eigenvalue weighted by Crippen LogP contribution is 2.24. The van der Waals surface area contributed by atoms with Crippen LogP contribution in [-0.4, -0.2) is 14.8 Å². The van der Waals surface area contributed by atoms with E-state index in [0.29, 0.717) is 0 Å². The van der Waals surface area contributed by atoms with Crippen LogP contribution in [0, 0.1) is 5.92 Å². The Morgan fingerprint density at radius 1 is 1.19 bits per heavy atom. The highest BCUT2D eigenvalue weighted by molar-refractivity contribution is 5.55. The summed E-state index contributed by atoms with van der Waals surface area (Å²) in [6.45, 7) is 3.34. The molecule has 2 aromatic rings. The first-order valence-corrected chi connectivity index (χ1v) is 5.82. The van der Waals surface area contributed by atoms with Crippen molar-refractivity contribution >= 4 is 0 Å². The van der Waals surface area contributed by atoms with E-state index in [0.717, 1.165) is 36.1 Å². The summed E-state index contributed by atoms with van der Waals surface area (Å²) in [4.78, 5) is 0. The van der Waals surface area contributed by atoms with E-state index in [1.807, 2.05) is 18.2 Å². The Kier molecular flexibility index (Phi) is 2.24. The van der Waals surface area contributed by atoms with Gasteiger partial charge in [-0.3, -0.25) is 0 Å². The Hall–Kier alpha value is -1.64. The van der Waals surface area contributed by atoms with Crippen molar-refractivity contribution in [2.24, 2.45) is 5.92 Å². The van der Waals surface area contributed by atoms with Crippen LogP contribution in [0.4, 0.5) is 0 Å². The molecule has 3 nitrogen and oxygen atoms in total. The van der Waals surface area contributed by atoms with Crippen molar-refractivity contribution in [3.05, 3.63) is 36.2 Å². The molecule has 0 spiro atoms. The molecule has 0 aliphatic carbocycles. The molecular weight excluding hydrogens is 198 g/mol. The Bertz CT molecular complexity index is 487. The SMILES string of the molecule is CC1CCc2nnc(-c3ccccc3)n2C1. The molecule has 3 heteroatoms. The molecule has 0 fully saturated rings. The van der Waals surface area contributed by atoms with E-state index in [1.165, 1.54) is 6.42 Å². The molecule has 0 amide bonds. The van der Waals surface area contributed by atoms with Gasteiger partial charge in [0.2, 0.25) is 0 Å². The molecule has 1 aromatic heterocycles. The molecule has 0 radical (unpaired) electrons. The molecule has 16 heavy (non-hydrogen) atoms. The van der Waals surface area contributed by atoms with Gasteiger partial charge in [-0.05, 0) is 12.3 Å². The fraction of sp³-hybridized carbons (Fsp3) is 0.385. The largest absolute Gasteiger partial charge is 0.311 e. The number of fused-ring (bicyclic) bond motifs is 1. The predicted molar refractivity (Wildman–Crippen MR) is 62.9 cm³/mol. The lowest BCUT2D eigenvalue weighted by molar-refractivity contribution is 0.396. The Balaban J connectivity index is 2.07. The van der Waals surface area contributed by atoms with Crippen LogP contribution in [0.15, 0.2) is 30.3 Å². The van der Waals surface area contributed by atoms with Gasteiger partial charge in [0.25, 0.3) is 0 Å². The molecule has 1 unspecified atom stereocenters. The standard InChI is InChI=1S/C13H15N3/c1-10-7-8-12-14-15-13(16(12)9-10)11-5-3-2-4-6-11/h2-6,10H,7-9H2,1H3. The van der Waals surface area contributed by atoms with Gasteiger partial charge < -0.3 is 4.57 Å². The van der Waals surface area contributed by atoms with Crippen molar-refractivity contribution in [3.8, 4) is 11.4 Å². The molecule has 1 aliphatic rings. The fourth-order valence-corrected chi connectivity index (χ4v) is 2.29. The third kappa shape index (κ3) is 1.52. The second-order valence-electron chi connectivity index (χ2n) is 4.56. The minimum Gasteiger partial charge on any atom is -0.311 e. The number of hydrogen-bond donors (Lipinski definition) is 0. The first-order valence-electron chi connectivity index (χ1n) is 5.82. The number of aryl methyl sites for hydroxylation is 1. The highest BCUT2D eigenvalue weighted by atomic mass is 15.3. The fourth-order valence-electron chi connectivity index (χ4n) is 2.29. The number of aromatic nitrogens is 3. The van der Waals surface area contributed by atoms with Crippen LogP contribution in [0.5, 0.6) is 0 Å². The zero-order valence-corrected chi connectivity index (χ0v) is 9.43. The molecule has 3 rings (SSSR count). The lowest BCUT2D eigenvalue weighted by atomic mass is 10.0. The van der Waals surface area contributed by atoms with Gasteiger partial charge >= 0.3 is 0 Å². The van der Waals surface area contributed by atoms with Gasteiger partial charge in [0.15, 0.2) is 5.82 Å². The van der Waals surface area contributed by atoms with Crippen LogP contribution >= 0.6 is 0 Å². The third-order valence-electron chi connectivity index (χ3n) is 3.21. The summed E-state index contributed by atoms with van der Waals surface area (Å²) in [6, 6.07) is 10.3. The molecule has 2 heterocycles. The Morgan fingerprint density at radius 3 is 2.81 bits per heavy atom. The quantitative estimate of drug-likeness (QED) is 0.728. The topological polar surface area (TPSA) is 30.7 Å². The first kappa shape index (κ1) is 9.58. The van der Waals surface area contributed by atoms with E-state index in [4.69, 9.17) is 0 Å². The number of benzene rings is 1. The van der Waals surface area contributed by atoms with Gasteiger partial charge in [-0.1, -0.05) is 37.3 Å². The van der Waals surface area contributed by atoms with Crippen LogP contribution in [-0.2, 0) is 13.0 Å². The van der Waals surface area contributed by atoms with E-state index in [-0.39, 0.29) is 0 Å². The summed E-state index contributed by atoms with van der Waals surface area (Å²) in [5.41, 5.74) is 1.16. The minimum absolute atomic E-state index is 0.728. The molecule has 1 atom stereocenters. The van der Waals surface area contributed by atoms with Crippen molar-refractivity contribution < 1.29 is 0 Å². The molecule has 0 saturated carbocycles. The minimum atomic E-state index is 0.728. The lowest BCUT2D eigenvalue weighted by Crippen LogP contribution is -2.18. The number of hydrogen-bond acceptors (Lipinski definition) is 2.